The predicted octanol–water partition coefficient (Wildman–Crippen LogP) is -0.200. The van der Waals surface area contributed by atoms with Gasteiger partial charge in [-0.05, 0) is 6.92 Å². The van der Waals surface area contributed by atoms with Crippen LogP contribution in [0.1, 0.15) is 13.3 Å². The lowest BCUT2D eigenvalue weighted by Gasteiger charge is -2.28. The van der Waals surface area contributed by atoms with E-state index in [1.165, 1.54) is 6.92 Å². The molecular weight excluding hydrogens is 242 g/mol. The number of hydrogen-bond donors (Lipinski definition) is 2. The molecule has 104 valence electrons. The van der Waals surface area contributed by atoms with Gasteiger partial charge < -0.3 is 19.4 Å². The Kier molecular flexibility index (Phi) is 5.77. The minimum Gasteiger partial charge on any atom is -0.481 e. The van der Waals surface area contributed by atoms with Gasteiger partial charge in [0.1, 0.15) is 6.54 Å². The SMILES string of the molecule is CC(C(=O)O)C(=O)O[C@@H](CC(=O)O)C[N+](C)(C)C. The van der Waals surface area contributed by atoms with Gasteiger partial charge in [0.25, 0.3) is 0 Å². The molecule has 0 aliphatic carbocycles. The number of carbonyl (C=O) groups is 3. The van der Waals surface area contributed by atoms with Gasteiger partial charge in [-0.3, -0.25) is 14.4 Å². The number of carboxylic acid groups (broad SMARTS) is 2. The van der Waals surface area contributed by atoms with Crippen LogP contribution in [0.15, 0.2) is 0 Å². The number of likely N-dealkylation sites (N-methyl/N-ethyl adjacent to an activating group) is 1. The first-order valence-corrected chi connectivity index (χ1v) is 5.48. The topological polar surface area (TPSA) is 101 Å². The lowest BCUT2D eigenvalue weighted by atomic mass is 10.2. The Hall–Kier alpha value is -1.63. The molecule has 18 heavy (non-hydrogen) atoms. The number of esters is 1. The molecule has 1 unspecified atom stereocenters. The molecule has 0 aliphatic heterocycles. The summed E-state index contributed by atoms with van der Waals surface area (Å²) in [5.74, 6) is -4.60. The van der Waals surface area contributed by atoms with E-state index in [-0.39, 0.29) is 6.42 Å². The molecular formula is C11H20NO6+. The van der Waals surface area contributed by atoms with Crippen molar-refractivity contribution in [3.05, 3.63) is 0 Å². The zero-order valence-electron chi connectivity index (χ0n) is 11.0. The quantitative estimate of drug-likeness (QED) is 0.374. The number of quaternary nitrogens is 1. The number of rotatable bonds is 7. The van der Waals surface area contributed by atoms with E-state index in [4.69, 9.17) is 14.9 Å². The predicted molar refractivity (Wildman–Crippen MR) is 61.8 cm³/mol. The summed E-state index contributed by atoms with van der Waals surface area (Å²) in [7, 11) is 5.47. The van der Waals surface area contributed by atoms with E-state index in [0.29, 0.717) is 11.0 Å². The van der Waals surface area contributed by atoms with Gasteiger partial charge in [0.05, 0.1) is 27.6 Å². The molecule has 0 bridgehead atoms. The lowest BCUT2D eigenvalue weighted by Crippen LogP contribution is -2.44. The van der Waals surface area contributed by atoms with Crippen LogP contribution in [0.2, 0.25) is 0 Å². The van der Waals surface area contributed by atoms with Gasteiger partial charge in [-0.1, -0.05) is 0 Å². The van der Waals surface area contributed by atoms with Gasteiger partial charge in [0, 0.05) is 0 Å². The van der Waals surface area contributed by atoms with Crippen LogP contribution >= 0.6 is 0 Å². The van der Waals surface area contributed by atoms with Crippen LogP contribution in [0.3, 0.4) is 0 Å². The molecule has 0 saturated carbocycles. The van der Waals surface area contributed by atoms with E-state index in [1.807, 2.05) is 21.1 Å². The number of ether oxygens (including phenoxy) is 1. The van der Waals surface area contributed by atoms with Crippen molar-refractivity contribution in [2.45, 2.75) is 19.4 Å². The summed E-state index contributed by atoms with van der Waals surface area (Å²) in [6.45, 7) is 1.50. The van der Waals surface area contributed by atoms with Crippen molar-refractivity contribution in [2.24, 2.45) is 5.92 Å². The first-order valence-electron chi connectivity index (χ1n) is 5.48. The van der Waals surface area contributed by atoms with Crippen molar-refractivity contribution < 1.29 is 33.8 Å². The molecule has 2 N–H and O–H groups in total. The van der Waals surface area contributed by atoms with Crippen molar-refractivity contribution in [3.63, 3.8) is 0 Å². The lowest BCUT2D eigenvalue weighted by molar-refractivity contribution is -0.873. The highest BCUT2D eigenvalue weighted by Crippen LogP contribution is 2.09. The normalized spacial score (nSPS) is 14.7. The van der Waals surface area contributed by atoms with Crippen LogP contribution in [0.4, 0.5) is 0 Å². The van der Waals surface area contributed by atoms with E-state index >= 15 is 0 Å². The Morgan fingerprint density at radius 3 is 2.00 bits per heavy atom. The fraction of sp³-hybridized carbons (Fsp3) is 0.727. The van der Waals surface area contributed by atoms with Gasteiger partial charge in [-0.15, -0.1) is 0 Å². The van der Waals surface area contributed by atoms with Gasteiger partial charge in [-0.2, -0.15) is 0 Å². The molecule has 0 spiro atoms. The van der Waals surface area contributed by atoms with E-state index in [9.17, 15) is 14.4 Å². The van der Waals surface area contributed by atoms with Crippen LogP contribution in [0.5, 0.6) is 0 Å². The van der Waals surface area contributed by atoms with Gasteiger partial charge in [-0.25, -0.2) is 0 Å². The van der Waals surface area contributed by atoms with Gasteiger partial charge in [0.2, 0.25) is 0 Å². The Morgan fingerprint density at radius 2 is 1.67 bits per heavy atom. The van der Waals surface area contributed by atoms with Crippen molar-refractivity contribution >= 4 is 17.9 Å². The highest BCUT2D eigenvalue weighted by atomic mass is 16.5. The van der Waals surface area contributed by atoms with Crippen LogP contribution in [-0.4, -0.2) is 66.4 Å². The second kappa shape index (κ2) is 6.34. The fourth-order valence-corrected chi connectivity index (χ4v) is 1.32. The second-order valence-electron chi connectivity index (χ2n) is 5.19. The molecule has 0 aromatic heterocycles. The maximum absolute atomic E-state index is 11.5. The van der Waals surface area contributed by atoms with Crippen LogP contribution in [-0.2, 0) is 19.1 Å². The average Bonchev–Trinajstić information content (AvgIpc) is 2.11. The minimum atomic E-state index is -1.30. The molecule has 0 aromatic carbocycles. The van der Waals surface area contributed by atoms with Crippen molar-refractivity contribution in [1.82, 2.24) is 0 Å². The van der Waals surface area contributed by atoms with Gasteiger partial charge in [0.15, 0.2) is 12.0 Å². The molecule has 0 saturated heterocycles. The second-order valence-corrected chi connectivity index (χ2v) is 5.19. The Bertz CT molecular complexity index is 333. The molecule has 0 aliphatic rings. The summed E-state index contributed by atoms with van der Waals surface area (Å²) in [6.07, 6.45) is -1.18. The maximum Gasteiger partial charge on any atom is 0.320 e. The highest BCUT2D eigenvalue weighted by molar-refractivity contribution is 5.93. The zero-order chi connectivity index (χ0) is 14.5. The summed E-state index contributed by atoms with van der Waals surface area (Å²) in [4.78, 5) is 32.7. The third-order valence-corrected chi connectivity index (χ3v) is 2.16. The molecule has 0 radical (unpaired) electrons. The summed E-state index contributed by atoms with van der Waals surface area (Å²) in [5, 5.41) is 17.4. The molecule has 0 fully saturated rings. The number of carbonyl (C=O) groups excluding carboxylic acids is 1. The van der Waals surface area contributed by atoms with Crippen LogP contribution < -0.4 is 0 Å². The molecule has 0 amide bonds. The van der Waals surface area contributed by atoms with Crippen molar-refractivity contribution in [1.29, 1.82) is 0 Å². The highest BCUT2D eigenvalue weighted by Gasteiger charge is 2.29. The third kappa shape index (κ3) is 6.85. The number of hydrogen-bond acceptors (Lipinski definition) is 4. The van der Waals surface area contributed by atoms with E-state index in [1.54, 1.807) is 0 Å². The number of carboxylic acids is 2. The summed E-state index contributed by atoms with van der Waals surface area (Å²) < 4.78 is 5.35. The summed E-state index contributed by atoms with van der Waals surface area (Å²) >= 11 is 0. The van der Waals surface area contributed by atoms with E-state index < -0.39 is 29.9 Å². The Balaban J connectivity index is 4.63. The number of aliphatic carboxylic acids is 2. The van der Waals surface area contributed by atoms with Crippen molar-refractivity contribution in [3.8, 4) is 0 Å². The average molecular weight is 262 g/mol. The Labute approximate surface area is 106 Å². The van der Waals surface area contributed by atoms with E-state index in [0.717, 1.165) is 0 Å². The zero-order valence-corrected chi connectivity index (χ0v) is 11.0. The first-order chi connectivity index (χ1) is 8.03. The van der Waals surface area contributed by atoms with Crippen LogP contribution in [0, 0.1) is 5.92 Å². The molecule has 2 atom stereocenters. The van der Waals surface area contributed by atoms with Crippen LogP contribution in [0.25, 0.3) is 0 Å². The fourth-order valence-electron chi connectivity index (χ4n) is 1.32. The van der Waals surface area contributed by atoms with E-state index in [2.05, 4.69) is 0 Å². The molecule has 7 nitrogen and oxygen atoms in total. The number of nitrogens with zero attached hydrogens (tertiary/aromatic N) is 1. The first kappa shape index (κ1) is 16.4. The summed E-state index contributed by atoms with van der Waals surface area (Å²) in [5.41, 5.74) is 0. The Morgan fingerprint density at radius 1 is 1.17 bits per heavy atom. The summed E-state index contributed by atoms with van der Waals surface area (Å²) in [6, 6.07) is 0. The molecule has 7 heteroatoms. The molecule has 0 aromatic rings. The third-order valence-electron chi connectivity index (χ3n) is 2.16. The standard InChI is InChI=1S/C11H19NO6/c1-7(10(15)16)11(17)18-8(5-9(13)14)6-12(2,3)4/h7-8H,5-6H2,1-4H3,(H-,13,14,15,16)/p+1/t7?,8-/m0/s1. The molecule has 0 heterocycles. The minimum absolute atomic E-state index is 0.296. The maximum atomic E-state index is 11.5. The van der Waals surface area contributed by atoms with Crippen molar-refractivity contribution in [2.75, 3.05) is 27.7 Å². The van der Waals surface area contributed by atoms with Gasteiger partial charge >= 0.3 is 17.9 Å². The largest absolute Gasteiger partial charge is 0.481 e. The molecule has 0 rings (SSSR count). The smallest absolute Gasteiger partial charge is 0.320 e. The monoisotopic (exact) mass is 262 g/mol.